The van der Waals surface area contributed by atoms with Crippen molar-refractivity contribution in [1.82, 2.24) is 14.9 Å². The lowest BCUT2D eigenvalue weighted by molar-refractivity contribution is -0.115. The predicted molar refractivity (Wildman–Crippen MR) is 102 cm³/mol. The van der Waals surface area contributed by atoms with Crippen LogP contribution < -0.4 is 10.6 Å². The molecule has 6 heteroatoms. The number of anilines is 2. The molecule has 0 spiro atoms. The van der Waals surface area contributed by atoms with Gasteiger partial charge in [-0.15, -0.1) is 0 Å². The number of pyridine rings is 1. The van der Waals surface area contributed by atoms with Crippen LogP contribution in [0.4, 0.5) is 11.5 Å². The van der Waals surface area contributed by atoms with Crippen molar-refractivity contribution < 1.29 is 4.79 Å². The Morgan fingerprint density at radius 3 is 2.80 bits per heavy atom. The van der Waals surface area contributed by atoms with Gasteiger partial charge in [0.25, 0.3) is 0 Å². The highest BCUT2D eigenvalue weighted by atomic mass is 16.1. The van der Waals surface area contributed by atoms with Gasteiger partial charge in [-0.1, -0.05) is 18.2 Å². The lowest BCUT2D eigenvalue weighted by Crippen LogP contribution is -2.21. The van der Waals surface area contributed by atoms with Gasteiger partial charge in [0.15, 0.2) is 0 Å². The molecule has 0 aliphatic heterocycles. The van der Waals surface area contributed by atoms with Crippen molar-refractivity contribution in [2.24, 2.45) is 0 Å². The Bertz CT molecular complexity index is 838. The third-order valence-corrected chi connectivity index (χ3v) is 3.94. The van der Waals surface area contributed by atoms with E-state index >= 15 is 0 Å². The van der Waals surface area contributed by atoms with Crippen LogP contribution in [0.5, 0.6) is 0 Å². The van der Waals surface area contributed by atoms with E-state index in [2.05, 4.69) is 25.5 Å². The number of hydrogen-bond donors (Lipinski definition) is 3. The smallest absolute Gasteiger partial charge is 0.228 e. The quantitative estimate of drug-likeness (QED) is 0.620. The zero-order valence-electron chi connectivity index (χ0n) is 14.5. The summed E-state index contributed by atoms with van der Waals surface area (Å²) in [6.07, 6.45) is 3.89. The van der Waals surface area contributed by atoms with Gasteiger partial charge < -0.3 is 20.5 Å². The van der Waals surface area contributed by atoms with Gasteiger partial charge in [-0.3, -0.25) is 4.79 Å². The molecule has 0 unspecified atom stereocenters. The molecule has 0 saturated carbocycles. The highest BCUT2D eigenvalue weighted by molar-refractivity contribution is 5.95. The molecule has 0 radical (unpaired) electrons. The lowest BCUT2D eigenvalue weighted by atomic mass is 10.1. The number of nitrogens with one attached hydrogen (secondary N) is 3. The second kappa shape index (κ2) is 7.81. The SMILES string of the molecule is CN(C)CCNc1ccc(NC(=O)Cc2c[nH]c3ccccc23)cn1. The minimum atomic E-state index is -0.0557. The minimum Gasteiger partial charge on any atom is -0.369 e. The first-order chi connectivity index (χ1) is 12.1. The van der Waals surface area contributed by atoms with E-state index in [4.69, 9.17) is 0 Å². The van der Waals surface area contributed by atoms with E-state index in [1.54, 1.807) is 6.20 Å². The summed E-state index contributed by atoms with van der Waals surface area (Å²) in [5.41, 5.74) is 2.73. The molecule has 0 aliphatic rings. The molecule has 1 aromatic carbocycles. The highest BCUT2D eigenvalue weighted by Gasteiger charge is 2.09. The third-order valence-electron chi connectivity index (χ3n) is 3.94. The molecule has 1 amide bonds. The van der Waals surface area contributed by atoms with Crippen LogP contribution in [0, 0.1) is 0 Å². The van der Waals surface area contributed by atoms with E-state index < -0.39 is 0 Å². The maximum Gasteiger partial charge on any atom is 0.228 e. The van der Waals surface area contributed by atoms with E-state index in [9.17, 15) is 4.79 Å². The Kier molecular flexibility index (Phi) is 5.30. The maximum absolute atomic E-state index is 12.3. The van der Waals surface area contributed by atoms with Gasteiger partial charge in [0, 0.05) is 30.2 Å². The summed E-state index contributed by atoms with van der Waals surface area (Å²) in [7, 11) is 4.06. The van der Waals surface area contributed by atoms with Crippen LogP contribution in [0.1, 0.15) is 5.56 Å². The first-order valence-corrected chi connectivity index (χ1v) is 8.31. The number of benzene rings is 1. The number of hydrogen-bond acceptors (Lipinski definition) is 4. The standard InChI is InChI=1S/C19H23N5O/c1-24(2)10-9-20-18-8-7-15(13-22-18)23-19(25)11-14-12-21-17-6-4-3-5-16(14)17/h3-8,12-13,21H,9-11H2,1-2H3,(H,20,22)(H,23,25). The molecule has 2 aromatic heterocycles. The summed E-state index contributed by atoms with van der Waals surface area (Å²) >= 11 is 0. The molecule has 3 N–H and O–H groups in total. The third kappa shape index (κ3) is 4.58. The number of rotatable bonds is 7. The molecule has 0 bridgehead atoms. The monoisotopic (exact) mass is 337 g/mol. The number of carbonyl (C=O) groups excluding carboxylic acids is 1. The number of fused-ring (bicyclic) bond motifs is 1. The predicted octanol–water partition coefficient (Wildman–Crippen LogP) is 2.72. The van der Waals surface area contributed by atoms with E-state index in [1.165, 1.54) is 0 Å². The molecule has 0 saturated heterocycles. The molecule has 3 aromatic rings. The van der Waals surface area contributed by atoms with Gasteiger partial charge in [0.2, 0.25) is 5.91 Å². The first-order valence-electron chi connectivity index (χ1n) is 8.31. The number of nitrogens with zero attached hydrogens (tertiary/aromatic N) is 2. The lowest BCUT2D eigenvalue weighted by Gasteiger charge is -2.11. The number of para-hydroxylation sites is 1. The van der Waals surface area contributed by atoms with Gasteiger partial charge in [-0.2, -0.15) is 0 Å². The fraction of sp³-hybridized carbons (Fsp3) is 0.263. The molecule has 2 heterocycles. The first kappa shape index (κ1) is 17.0. The van der Waals surface area contributed by atoms with Crippen LogP contribution in [0.15, 0.2) is 48.8 Å². The van der Waals surface area contributed by atoms with Crippen LogP contribution in [-0.2, 0) is 11.2 Å². The van der Waals surface area contributed by atoms with Crippen molar-refractivity contribution in [3.63, 3.8) is 0 Å². The topological polar surface area (TPSA) is 73.0 Å². The Labute approximate surface area is 147 Å². The van der Waals surface area contributed by atoms with E-state index in [0.29, 0.717) is 12.1 Å². The zero-order chi connectivity index (χ0) is 17.6. The fourth-order valence-corrected chi connectivity index (χ4v) is 2.64. The number of aromatic nitrogens is 2. The van der Waals surface area contributed by atoms with Crippen LogP contribution >= 0.6 is 0 Å². The summed E-state index contributed by atoms with van der Waals surface area (Å²) in [5, 5.41) is 7.22. The van der Waals surface area contributed by atoms with Crippen molar-refractivity contribution in [1.29, 1.82) is 0 Å². The molecular weight excluding hydrogens is 314 g/mol. The number of H-pyrrole nitrogens is 1. The van der Waals surface area contributed by atoms with Crippen LogP contribution in [-0.4, -0.2) is 48.0 Å². The average Bonchev–Trinajstić information content (AvgIpc) is 2.99. The highest BCUT2D eigenvalue weighted by Crippen LogP contribution is 2.18. The zero-order valence-corrected chi connectivity index (χ0v) is 14.5. The van der Waals surface area contributed by atoms with Crippen molar-refractivity contribution in [3.05, 3.63) is 54.4 Å². The molecule has 6 nitrogen and oxygen atoms in total. The van der Waals surface area contributed by atoms with Gasteiger partial charge in [-0.25, -0.2) is 4.98 Å². The Morgan fingerprint density at radius 2 is 2.04 bits per heavy atom. The summed E-state index contributed by atoms with van der Waals surface area (Å²) in [6, 6.07) is 11.7. The number of amides is 1. The van der Waals surface area contributed by atoms with Gasteiger partial charge >= 0.3 is 0 Å². The largest absolute Gasteiger partial charge is 0.369 e. The molecule has 0 atom stereocenters. The molecule has 3 rings (SSSR count). The Hall–Kier alpha value is -2.86. The second-order valence-corrected chi connectivity index (χ2v) is 6.25. The summed E-state index contributed by atoms with van der Waals surface area (Å²) in [4.78, 5) is 21.9. The minimum absolute atomic E-state index is 0.0557. The van der Waals surface area contributed by atoms with Crippen molar-refractivity contribution in [3.8, 4) is 0 Å². The number of carbonyl (C=O) groups is 1. The van der Waals surface area contributed by atoms with E-state index in [-0.39, 0.29) is 5.91 Å². The molecular formula is C19H23N5O. The molecule has 0 fully saturated rings. The van der Waals surface area contributed by atoms with Crippen LogP contribution in [0.2, 0.25) is 0 Å². The summed E-state index contributed by atoms with van der Waals surface area (Å²) < 4.78 is 0. The maximum atomic E-state index is 12.3. The van der Waals surface area contributed by atoms with Crippen molar-refractivity contribution in [2.75, 3.05) is 37.8 Å². The van der Waals surface area contributed by atoms with E-state index in [0.717, 1.165) is 35.4 Å². The van der Waals surface area contributed by atoms with Crippen LogP contribution in [0.3, 0.4) is 0 Å². The Balaban J connectivity index is 1.56. The summed E-state index contributed by atoms with van der Waals surface area (Å²) in [6.45, 7) is 1.76. The molecule has 130 valence electrons. The number of likely N-dealkylation sites (N-methyl/N-ethyl adjacent to an activating group) is 1. The Morgan fingerprint density at radius 1 is 1.20 bits per heavy atom. The summed E-state index contributed by atoms with van der Waals surface area (Å²) in [5.74, 6) is 0.747. The average molecular weight is 337 g/mol. The van der Waals surface area contributed by atoms with Crippen molar-refractivity contribution >= 4 is 28.3 Å². The molecule has 25 heavy (non-hydrogen) atoms. The number of aromatic amines is 1. The normalized spacial score (nSPS) is 11.0. The van der Waals surface area contributed by atoms with Gasteiger partial charge in [0.1, 0.15) is 5.82 Å². The second-order valence-electron chi connectivity index (χ2n) is 6.25. The van der Waals surface area contributed by atoms with Crippen LogP contribution in [0.25, 0.3) is 10.9 Å². The van der Waals surface area contributed by atoms with Gasteiger partial charge in [-0.05, 0) is 37.9 Å². The van der Waals surface area contributed by atoms with Gasteiger partial charge in [0.05, 0.1) is 18.3 Å². The fourth-order valence-electron chi connectivity index (χ4n) is 2.64. The molecule has 0 aliphatic carbocycles. The van der Waals surface area contributed by atoms with E-state index in [1.807, 2.05) is 56.7 Å². The van der Waals surface area contributed by atoms with Crippen molar-refractivity contribution in [2.45, 2.75) is 6.42 Å².